The molecule has 1 aliphatic rings. The molecule has 1 aromatic carbocycles. The van der Waals surface area contributed by atoms with Crippen LogP contribution in [0.25, 0.3) is 0 Å². The highest BCUT2D eigenvalue weighted by molar-refractivity contribution is 8.23. The molecule has 0 saturated carbocycles. The Bertz CT molecular complexity index is 523. The fourth-order valence-electron chi connectivity index (χ4n) is 1.97. The van der Waals surface area contributed by atoms with Gasteiger partial charge in [0.05, 0.1) is 0 Å². The van der Waals surface area contributed by atoms with Crippen LogP contribution in [0.1, 0.15) is 25.0 Å². The van der Waals surface area contributed by atoms with Crippen molar-refractivity contribution in [3.05, 3.63) is 35.4 Å². The van der Waals surface area contributed by atoms with Crippen LogP contribution < -0.4 is 0 Å². The van der Waals surface area contributed by atoms with Gasteiger partial charge in [-0.3, -0.25) is 5.21 Å². The molecule has 1 atom stereocenters. The molecule has 0 aliphatic carbocycles. The molecule has 1 heterocycles. The lowest BCUT2D eigenvalue weighted by Gasteiger charge is -2.28. The Morgan fingerprint density at radius 1 is 1.37 bits per heavy atom. The highest BCUT2D eigenvalue weighted by atomic mass is 32.2. The predicted octanol–water partition coefficient (Wildman–Crippen LogP) is 2.88. The zero-order valence-corrected chi connectivity index (χ0v) is 13.3. The Kier molecular flexibility index (Phi) is 3.87. The Hall–Kier alpha value is -1.07. The molecule has 1 N–H and O–H groups in total. The van der Waals surface area contributed by atoms with Crippen molar-refractivity contribution < 1.29 is 9.95 Å². The summed E-state index contributed by atoms with van der Waals surface area (Å²) in [6.45, 7) is 6.20. The first-order valence-electron chi connectivity index (χ1n) is 6.15. The Balaban J connectivity index is 2.27. The lowest BCUT2D eigenvalue weighted by Crippen LogP contribution is -2.47. The second-order valence-corrected chi connectivity index (χ2v) is 7.08. The molecule has 1 unspecified atom stereocenters. The summed E-state index contributed by atoms with van der Waals surface area (Å²) >= 11 is 6.82. The minimum atomic E-state index is -0.211. The van der Waals surface area contributed by atoms with Crippen molar-refractivity contribution in [2.45, 2.75) is 31.7 Å². The molecule has 1 aromatic rings. The summed E-state index contributed by atoms with van der Waals surface area (Å²) in [5.41, 5.74) is 1.97. The maximum atomic E-state index is 10.3. The highest BCUT2D eigenvalue weighted by Gasteiger charge is 2.51. The van der Waals surface area contributed by atoms with Crippen LogP contribution in [0.3, 0.4) is 0 Å². The van der Waals surface area contributed by atoms with Gasteiger partial charge in [-0.2, -0.15) is 0 Å². The summed E-state index contributed by atoms with van der Waals surface area (Å²) in [5, 5.41) is 10.2. The van der Waals surface area contributed by atoms with Gasteiger partial charge in [0, 0.05) is 12.6 Å². The van der Waals surface area contributed by atoms with Gasteiger partial charge in [0.2, 0.25) is 6.21 Å². The average molecular weight is 295 g/mol. The molecule has 2 rings (SSSR count). The van der Waals surface area contributed by atoms with E-state index >= 15 is 0 Å². The van der Waals surface area contributed by atoms with E-state index in [9.17, 15) is 5.21 Å². The second-order valence-electron chi connectivity index (χ2n) is 5.37. The Morgan fingerprint density at radius 3 is 2.42 bits per heavy atom. The quantitative estimate of drug-likeness (QED) is 0.298. The third kappa shape index (κ3) is 2.77. The first kappa shape index (κ1) is 14.3. The highest BCUT2D eigenvalue weighted by Crippen LogP contribution is 2.38. The van der Waals surface area contributed by atoms with Crippen molar-refractivity contribution in [3.63, 3.8) is 0 Å². The van der Waals surface area contributed by atoms with Gasteiger partial charge in [0.15, 0.2) is 0 Å². The van der Waals surface area contributed by atoms with E-state index in [1.165, 1.54) is 22.1 Å². The Labute approximate surface area is 123 Å². The van der Waals surface area contributed by atoms with Gasteiger partial charge in [-0.25, -0.2) is 0 Å². The van der Waals surface area contributed by atoms with Gasteiger partial charge in [-0.05, 0) is 49.4 Å². The number of nitrogens with zero attached hydrogens (tertiary/aromatic N) is 2. The molecule has 0 bridgehead atoms. The summed E-state index contributed by atoms with van der Waals surface area (Å²) in [4.78, 5) is 2.03. The number of hydroxylamine groups is 1. The van der Waals surface area contributed by atoms with Crippen LogP contribution in [-0.4, -0.2) is 43.3 Å². The van der Waals surface area contributed by atoms with Crippen LogP contribution in [0.4, 0.5) is 0 Å². The molecule has 102 valence electrons. The summed E-state index contributed by atoms with van der Waals surface area (Å²) < 4.78 is 2.08. The van der Waals surface area contributed by atoms with Crippen LogP contribution in [0, 0.1) is 6.92 Å². The van der Waals surface area contributed by atoms with Gasteiger partial charge in [-0.1, -0.05) is 29.9 Å². The predicted molar refractivity (Wildman–Crippen MR) is 84.2 cm³/mol. The van der Waals surface area contributed by atoms with Crippen molar-refractivity contribution in [2.24, 2.45) is 0 Å². The number of thioether (sulfide) groups is 1. The smallest absolute Gasteiger partial charge is 0.276 e. The van der Waals surface area contributed by atoms with Gasteiger partial charge in [0.25, 0.3) is 5.37 Å². The molecule has 0 aromatic heterocycles. The van der Waals surface area contributed by atoms with Crippen LogP contribution in [0.5, 0.6) is 0 Å². The van der Waals surface area contributed by atoms with E-state index in [0.29, 0.717) is 0 Å². The zero-order chi connectivity index (χ0) is 14.2. The number of aryl methyl sites for hydroxylation is 1. The van der Waals surface area contributed by atoms with Gasteiger partial charge in [0.1, 0.15) is 9.86 Å². The van der Waals surface area contributed by atoms with Crippen molar-refractivity contribution in [1.29, 1.82) is 0 Å². The van der Waals surface area contributed by atoms with E-state index < -0.39 is 0 Å². The molecule has 19 heavy (non-hydrogen) atoms. The molecular formula is C14H19N2OS2+. The lowest BCUT2D eigenvalue weighted by molar-refractivity contribution is -0.785. The maximum Gasteiger partial charge on any atom is 0.276 e. The SMILES string of the molecule is Cc1ccc(C=[N+](O)C2SC(=S)N(C)C2(C)C)cc1. The molecule has 1 fully saturated rings. The van der Waals surface area contributed by atoms with E-state index in [2.05, 4.69) is 13.8 Å². The van der Waals surface area contributed by atoms with Crippen LogP contribution >= 0.6 is 24.0 Å². The van der Waals surface area contributed by atoms with Crippen LogP contribution in [0.15, 0.2) is 24.3 Å². The van der Waals surface area contributed by atoms with E-state index in [0.717, 1.165) is 9.88 Å². The molecule has 5 heteroatoms. The number of thiocarbonyl (C=S) groups is 1. The minimum Gasteiger partial charge on any atom is -0.347 e. The largest absolute Gasteiger partial charge is 0.347 e. The summed E-state index contributed by atoms with van der Waals surface area (Å²) in [7, 11) is 1.97. The first-order valence-corrected chi connectivity index (χ1v) is 7.44. The number of rotatable bonds is 2. The molecular weight excluding hydrogens is 276 g/mol. The molecule has 0 radical (unpaired) electrons. The monoisotopic (exact) mass is 295 g/mol. The number of hydrogen-bond donors (Lipinski definition) is 1. The first-order chi connectivity index (χ1) is 8.82. The summed E-state index contributed by atoms with van der Waals surface area (Å²) in [5.74, 6) is 0. The van der Waals surface area contributed by atoms with Gasteiger partial charge < -0.3 is 4.90 Å². The topological polar surface area (TPSA) is 26.5 Å². The fraction of sp³-hybridized carbons (Fsp3) is 0.429. The third-order valence-electron chi connectivity index (χ3n) is 3.55. The average Bonchev–Trinajstić information content (AvgIpc) is 2.56. The van der Waals surface area contributed by atoms with E-state index in [4.69, 9.17) is 12.2 Å². The van der Waals surface area contributed by atoms with E-state index in [1.807, 2.05) is 43.1 Å². The third-order valence-corrected chi connectivity index (χ3v) is 5.61. The summed E-state index contributed by atoms with van der Waals surface area (Å²) in [6.07, 6.45) is 1.75. The van der Waals surface area contributed by atoms with Gasteiger partial charge >= 0.3 is 0 Å². The molecule has 3 nitrogen and oxygen atoms in total. The summed E-state index contributed by atoms with van der Waals surface area (Å²) in [6, 6.07) is 8.05. The number of hydrogen-bond acceptors (Lipinski definition) is 3. The van der Waals surface area contributed by atoms with Gasteiger partial charge in [-0.15, -0.1) is 0 Å². The van der Waals surface area contributed by atoms with Crippen LogP contribution in [0.2, 0.25) is 0 Å². The number of benzene rings is 1. The molecule has 0 spiro atoms. The number of likely N-dealkylation sites (N-methyl/N-ethyl adjacent to an activating group) is 1. The maximum absolute atomic E-state index is 10.3. The molecule has 1 aliphatic heterocycles. The molecule has 0 amide bonds. The minimum absolute atomic E-state index is 0.105. The Morgan fingerprint density at radius 2 is 1.95 bits per heavy atom. The standard InChI is InChI=1S/C14H19N2OS2/c1-10-5-7-11(8-6-10)9-16(17)12-14(2,3)15(4)13(18)19-12/h5-9,12,17H,1-4H3/q+1. The second kappa shape index (κ2) is 5.13. The normalized spacial score (nSPS) is 22.9. The fourth-order valence-corrected chi connectivity index (χ4v) is 3.68. The van der Waals surface area contributed by atoms with E-state index in [-0.39, 0.29) is 10.9 Å². The zero-order valence-electron chi connectivity index (χ0n) is 11.6. The lowest BCUT2D eigenvalue weighted by atomic mass is 10.0. The molecule has 1 saturated heterocycles. The van der Waals surface area contributed by atoms with Crippen LogP contribution in [-0.2, 0) is 0 Å². The van der Waals surface area contributed by atoms with E-state index in [1.54, 1.807) is 6.21 Å². The van der Waals surface area contributed by atoms with Crippen molar-refractivity contribution in [2.75, 3.05) is 7.05 Å². The van der Waals surface area contributed by atoms with Crippen molar-refractivity contribution in [1.82, 2.24) is 4.90 Å². The van der Waals surface area contributed by atoms with Crippen molar-refractivity contribution >= 4 is 34.5 Å². The van der Waals surface area contributed by atoms with Crippen molar-refractivity contribution in [3.8, 4) is 0 Å².